The smallest absolute Gasteiger partial charge is 0.277 e. The van der Waals surface area contributed by atoms with Gasteiger partial charge in [-0.25, -0.2) is 5.14 Å². The maximum Gasteiger partial charge on any atom is 0.277 e. The van der Waals surface area contributed by atoms with Gasteiger partial charge in [-0.2, -0.15) is 12.7 Å². The van der Waals surface area contributed by atoms with Crippen molar-refractivity contribution in [2.75, 3.05) is 26.3 Å². The Morgan fingerprint density at radius 3 is 1.60 bits per heavy atom. The summed E-state index contributed by atoms with van der Waals surface area (Å²) in [4.78, 5) is 0. The van der Waals surface area contributed by atoms with E-state index in [1.54, 1.807) is 0 Å². The molecule has 6 N–H and O–H groups in total. The third-order valence-corrected chi connectivity index (χ3v) is 2.63. The quantitative estimate of drug-likeness (QED) is 0.310. The third kappa shape index (κ3) is 5.99. The van der Waals surface area contributed by atoms with E-state index in [-0.39, 0.29) is 0 Å². The standard InChI is InChI=1S/C6H16N2O6S/c7-15(13,14)8(1-5(11)3-9)2-6(12)4-10/h5-6,9-12H,1-4H2,(H2,7,13,14). The maximum atomic E-state index is 11.0. The first-order valence-corrected chi connectivity index (χ1v) is 5.67. The van der Waals surface area contributed by atoms with E-state index in [2.05, 4.69) is 0 Å². The summed E-state index contributed by atoms with van der Waals surface area (Å²) in [5.41, 5.74) is 0. The number of nitrogens with two attached hydrogens (primary N) is 1. The molecule has 0 fully saturated rings. The number of hydrogen-bond donors (Lipinski definition) is 5. The largest absolute Gasteiger partial charge is 0.394 e. The molecule has 0 aliphatic heterocycles. The zero-order chi connectivity index (χ0) is 12.1. The number of rotatable bonds is 7. The Balaban J connectivity index is 4.47. The van der Waals surface area contributed by atoms with Gasteiger partial charge >= 0.3 is 0 Å². The van der Waals surface area contributed by atoms with Gasteiger partial charge in [0.15, 0.2) is 0 Å². The molecule has 0 heterocycles. The Morgan fingerprint density at radius 2 is 1.40 bits per heavy atom. The van der Waals surface area contributed by atoms with Gasteiger partial charge in [0.25, 0.3) is 10.2 Å². The summed E-state index contributed by atoms with van der Waals surface area (Å²) in [6.45, 7) is -2.12. The van der Waals surface area contributed by atoms with Gasteiger partial charge in [-0.15, -0.1) is 0 Å². The fraction of sp³-hybridized carbons (Fsp3) is 1.00. The molecule has 0 aromatic rings. The van der Waals surface area contributed by atoms with E-state index in [0.29, 0.717) is 4.31 Å². The predicted molar refractivity (Wildman–Crippen MR) is 50.9 cm³/mol. The average molecular weight is 244 g/mol. The minimum absolute atomic E-state index is 0.438. The van der Waals surface area contributed by atoms with Gasteiger partial charge in [0.1, 0.15) is 0 Å². The van der Waals surface area contributed by atoms with Crippen molar-refractivity contribution in [3.63, 3.8) is 0 Å². The minimum atomic E-state index is -4.08. The molecule has 0 bridgehead atoms. The van der Waals surface area contributed by atoms with Crippen LogP contribution in [0, 0.1) is 0 Å². The maximum absolute atomic E-state index is 11.0. The Labute approximate surface area is 87.7 Å². The molecular formula is C6H16N2O6S. The van der Waals surface area contributed by atoms with Crippen LogP contribution in [0.2, 0.25) is 0 Å². The van der Waals surface area contributed by atoms with Crippen LogP contribution in [0.15, 0.2) is 0 Å². The van der Waals surface area contributed by atoms with E-state index in [4.69, 9.17) is 25.6 Å². The van der Waals surface area contributed by atoms with Crippen molar-refractivity contribution in [3.8, 4) is 0 Å². The van der Waals surface area contributed by atoms with Crippen molar-refractivity contribution >= 4 is 10.2 Å². The van der Waals surface area contributed by atoms with Crippen LogP contribution in [0.3, 0.4) is 0 Å². The van der Waals surface area contributed by atoms with Crippen LogP contribution in [-0.2, 0) is 10.2 Å². The van der Waals surface area contributed by atoms with Gasteiger partial charge < -0.3 is 20.4 Å². The summed E-state index contributed by atoms with van der Waals surface area (Å²) < 4.78 is 22.5. The first-order valence-electron chi connectivity index (χ1n) is 4.17. The molecule has 2 atom stereocenters. The van der Waals surface area contributed by atoms with Crippen molar-refractivity contribution in [1.82, 2.24) is 4.31 Å². The number of nitrogens with zero attached hydrogens (tertiary/aromatic N) is 1. The molecule has 0 saturated heterocycles. The van der Waals surface area contributed by atoms with Crippen molar-refractivity contribution in [2.24, 2.45) is 5.14 Å². The molecular weight excluding hydrogens is 228 g/mol. The summed E-state index contributed by atoms with van der Waals surface area (Å²) in [5, 5.41) is 39.9. The molecule has 0 amide bonds. The van der Waals surface area contributed by atoms with E-state index < -0.39 is 48.7 Å². The van der Waals surface area contributed by atoms with Crippen LogP contribution >= 0.6 is 0 Å². The van der Waals surface area contributed by atoms with Gasteiger partial charge in [-0.05, 0) is 0 Å². The molecule has 0 saturated carbocycles. The van der Waals surface area contributed by atoms with Crippen LogP contribution in [-0.4, -0.2) is 71.7 Å². The van der Waals surface area contributed by atoms with Crippen molar-refractivity contribution in [3.05, 3.63) is 0 Å². The Hall–Kier alpha value is -0.290. The van der Waals surface area contributed by atoms with Crippen molar-refractivity contribution in [2.45, 2.75) is 12.2 Å². The summed E-state index contributed by atoms with van der Waals surface area (Å²) in [6, 6.07) is 0. The van der Waals surface area contributed by atoms with Crippen LogP contribution in [0.4, 0.5) is 0 Å². The molecule has 0 aliphatic rings. The second-order valence-electron chi connectivity index (χ2n) is 3.03. The van der Waals surface area contributed by atoms with Crippen molar-refractivity contribution in [1.29, 1.82) is 0 Å². The molecule has 0 radical (unpaired) electrons. The Kier molecular flexibility index (Phi) is 6.20. The predicted octanol–water partition coefficient (Wildman–Crippen LogP) is -3.80. The molecule has 8 nitrogen and oxygen atoms in total. The Bertz CT molecular complexity index is 257. The summed E-state index contributed by atoms with van der Waals surface area (Å²) >= 11 is 0. The molecule has 0 aromatic carbocycles. The fourth-order valence-electron chi connectivity index (χ4n) is 0.868. The van der Waals surface area contributed by atoms with Crippen LogP contribution in [0.5, 0.6) is 0 Å². The van der Waals surface area contributed by atoms with Gasteiger partial charge in [0, 0.05) is 13.1 Å². The lowest BCUT2D eigenvalue weighted by Gasteiger charge is -2.23. The van der Waals surface area contributed by atoms with E-state index >= 15 is 0 Å². The topological polar surface area (TPSA) is 144 Å². The highest BCUT2D eigenvalue weighted by Crippen LogP contribution is 1.99. The van der Waals surface area contributed by atoms with Crippen LogP contribution in [0.25, 0.3) is 0 Å². The second kappa shape index (κ2) is 6.33. The first kappa shape index (κ1) is 14.7. The van der Waals surface area contributed by atoms with Gasteiger partial charge in [-0.3, -0.25) is 0 Å². The normalized spacial score (nSPS) is 16.7. The average Bonchev–Trinajstić information content (AvgIpc) is 2.14. The molecule has 9 heteroatoms. The third-order valence-electron chi connectivity index (χ3n) is 1.61. The van der Waals surface area contributed by atoms with Crippen molar-refractivity contribution < 1.29 is 28.8 Å². The highest BCUT2D eigenvalue weighted by Gasteiger charge is 2.23. The van der Waals surface area contributed by atoms with E-state index in [0.717, 1.165) is 0 Å². The fourth-order valence-corrected chi connectivity index (χ4v) is 1.63. The van der Waals surface area contributed by atoms with E-state index in [1.807, 2.05) is 0 Å². The van der Waals surface area contributed by atoms with Gasteiger partial charge in [0.05, 0.1) is 25.4 Å². The number of aliphatic hydroxyl groups is 4. The molecule has 0 rings (SSSR count). The van der Waals surface area contributed by atoms with Crippen LogP contribution < -0.4 is 5.14 Å². The molecule has 0 aromatic heterocycles. The summed E-state index contributed by atoms with van der Waals surface area (Å²) in [6.07, 6.45) is -2.57. The van der Waals surface area contributed by atoms with Gasteiger partial charge in [-0.1, -0.05) is 0 Å². The number of hydrogen-bond acceptors (Lipinski definition) is 6. The lowest BCUT2D eigenvalue weighted by Crippen LogP contribution is -2.46. The van der Waals surface area contributed by atoms with Crippen LogP contribution in [0.1, 0.15) is 0 Å². The lowest BCUT2D eigenvalue weighted by atomic mass is 10.3. The highest BCUT2D eigenvalue weighted by molar-refractivity contribution is 7.86. The summed E-state index contributed by atoms with van der Waals surface area (Å²) in [7, 11) is -4.08. The Morgan fingerprint density at radius 1 is 1.07 bits per heavy atom. The molecule has 92 valence electrons. The molecule has 15 heavy (non-hydrogen) atoms. The second-order valence-corrected chi connectivity index (χ2v) is 4.58. The van der Waals surface area contributed by atoms with Gasteiger partial charge in [0.2, 0.25) is 0 Å². The molecule has 2 unspecified atom stereocenters. The van der Waals surface area contributed by atoms with E-state index in [1.165, 1.54) is 0 Å². The zero-order valence-electron chi connectivity index (χ0n) is 8.02. The number of aliphatic hydroxyl groups excluding tert-OH is 4. The lowest BCUT2D eigenvalue weighted by molar-refractivity contribution is 0.0494. The zero-order valence-corrected chi connectivity index (χ0v) is 8.84. The first-order chi connectivity index (χ1) is 6.81. The monoisotopic (exact) mass is 244 g/mol. The highest BCUT2D eigenvalue weighted by atomic mass is 32.2. The summed E-state index contributed by atoms with van der Waals surface area (Å²) in [5.74, 6) is 0. The SMILES string of the molecule is NS(=O)(=O)N(CC(O)CO)CC(O)CO. The van der Waals surface area contributed by atoms with E-state index in [9.17, 15) is 8.42 Å². The molecule has 0 aliphatic carbocycles. The molecule has 0 spiro atoms. The minimum Gasteiger partial charge on any atom is -0.394 e.